The maximum Gasteiger partial charge on any atom is 0.326 e. The van der Waals surface area contributed by atoms with Crippen molar-refractivity contribution in [2.75, 3.05) is 23.9 Å². The number of nitrogens with one attached hydrogen (secondary N) is 2. The molecule has 0 saturated heterocycles. The van der Waals surface area contributed by atoms with E-state index in [1.165, 1.54) is 17.8 Å². The fraction of sp³-hybridized carbons (Fsp3) is 0.529. The maximum absolute atomic E-state index is 11.9. The second-order valence-electron chi connectivity index (χ2n) is 6.33. The van der Waals surface area contributed by atoms with Crippen LogP contribution >= 0.6 is 11.8 Å². The number of carboxylic acids is 1. The van der Waals surface area contributed by atoms with Crippen LogP contribution in [0.1, 0.15) is 32.1 Å². The molecule has 0 aliphatic rings. The Bertz CT molecular complexity index is 858. The van der Waals surface area contributed by atoms with Crippen LogP contribution in [0.2, 0.25) is 0 Å². The monoisotopic (exact) mass is 425 g/mol. The molecular weight excluding hydrogens is 402 g/mol. The minimum absolute atomic E-state index is 0.0890. The van der Waals surface area contributed by atoms with E-state index in [2.05, 4.69) is 25.6 Å². The Labute approximate surface area is 170 Å². The number of anilines is 1. The standard InChI is InChI=1S/C17H23N5O6S/c1-29-10-8-12(17(24)25)19-14(23)5-3-2-4-9-18-11-6-7-13(22(26)27)16-15(11)20-28-21-16/h6-7,12,18H,2-5,8-10H2,1H3,(H,19,23)(H,24,25)/t12-/m0/s1. The molecule has 1 atom stereocenters. The topological polar surface area (TPSA) is 160 Å². The van der Waals surface area contributed by atoms with Crippen LogP contribution in [-0.2, 0) is 9.59 Å². The van der Waals surface area contributed by atoms with E-state index in [1.54, 1.807) is 6.07 Å². The number of benzene rings is 1. The quantitative estimate of drug-likeness (QED) is 0.247. The molecule has 0 unspecified atom stereocenters. The number of unbranched alkanes of at least 4 members (excludes halogenated alkanes) is 2. The van der Waals surface area contributed by atoms with Crippen LogP contribution in [0.3, 0.4) is 0 Å². The second-order valence-corrected chi connectivity index (χ2v) is 7.31. The molecule has 158 valence electrons. The number of nitro benzene ring substituents is 1. The number of amides is 1. The van der Waals surface area contributed by atoms with Gasteiger partial charge in [0, 0.05) is 19.0 Å². The van der Waals surface area contributed by atoms with E-state index in [0.29, 0.717) is 36.3 Å². The molecule has 12 heteroatoms. The van der Waals surface area contributed by atoms with Crippen molar-refractivity contribution in [3.05, 3.63) is 22.2 Å². The average Bonchev–Trinajstić information content (AvgIpc) is 3.17. The lowest BCUT2D eigenvalue weighted by Gasteiger charge is -2.13. The lowest BCUT2D eigenvalue weighted by Crippen LogP contribution is -2.41. The number of rotatable bonds is 13. The Hall–Kier alpha value is -2.89. The Morgan fingerprint density at radius 2 is 2.03 bits per heavy atom. The minimum Gasteiger partial charge on any atom is -0.480 e. The molecule has 0 fully saturated rings. The van der Waals surface area contributed by atoms with Gasteiger partial charge in [0.15, 0.2) is 5.52 Å². The summed E-state index contributed by atoms with van der Waals surface area (Å²) in [5.41, 5.74) is 0.798. The Balaban J connectivity index is 1.71. The predicted octanol–water partition coefficient (Wildman–Crippen LogP) is 2.43. The highest BCUT2D eigenvalue weighted by Gasteiger charge is 2.20. The molecule has 1 aromatic carbocycles. The summed E-state index contributed by atoms with van der Waals surface area (Å²) in [4.78, 5) is 33.5. The van der Waals surface area contributed by atoms with Crippen LogP contribution in [-0.4, -0.2) is 56.8 Å². The van der Waals surface area contributed by atoms with Crippen LogP contribution in [0.4, 0.5) is 11.4 Å². The fourth-order valence-corrected chi connectivity index (χ4v) is 3.18. The molecule has 0 spiro atoms. The van der Waals surface area contributed by atoms with Crippen molar-refractivity contribution in [2.24, 2.45) is 0 Å². The lowest BCUT2D eigenvalue weighted by atomic mass is 10.1. The molecule has 0 bridgehead atoms. The number of aliphatic carboxylic acids is 1. The molecule has 3 N–H and O–H groups in total. The third-order valence-corrected chi connectivity index (χ3v) is 4.87. The number of thioether (sulfide) groups is 1. The van der Waals surface area contributed by atoms with Crippen molar-refractivity contribution >= 4 is 46.0 Å². The van der Waals surface area contributed by atoms with Gasteiger partial charge in [0.25, 0.3) is 0 Å². The summed E-state index contributed by atoms with van der Waals surface area (Å²) >= 11 is 1.53. The largest absolute Gasteiger partial charge is 0.480 e. The molecule has 0 radical (unpaired) electrons. The molecule has 2 rings (SSSR count). The van der Waals surface area contributed by atoms with Gasteiger partial charge in [0.2, 0.25) is 11.4 Å². The summed E-state index contributed by atoms with van der Waals surface area (Å²) in [6.07, 6.45) is 4.69. The van der Waals surface area contributed by atoms with Crippen molar-refractivity contribution in [1.29, 1.82) is 0 Å². The van der Waals surface area contributed by atoms with Crippen molar-refractivity contribution in [2.45, 2.75) is 38.1 Å². The number of nitrogens with zero attached hydrogens (tertiary/aromatic N) is 3. The predicted molar refractivity (Wildman–Crippen MR) is 108 cm³/mol. The fourth-order valence-electron chi connectivity index (χ4n) is 2.71. The molecule has 29 heavy (non-hydrogen) atoms. The van der Waals surface area contributed by atoms with Gasteiger partial charge in [0.05, 0.1) is 10.6 Å². The van der Waals surface area contributed by atoms with Gasteiger partial charge >= 0.3 is 11.7 Å². The first-order valence-electron chi connectivity index (χ1n) is 9.08. The van der Waals surface area contributed by atoms with E-state index < -0.39 is 16.9 Å². The minimum atomic E-state index is -1.02. The molecule has 0 aliphatic heterocycles. The smallest absolute Gasteiger partial charge is 0.326 e. The van der Waals surface area contributed by atoms with Crippen molar-refractivity contribution in [3.63, 3.8) is 0 Å². The van der Waals surface area contributed by atoms with Crippen LogP contribution in [0, 0.1) is 10.1 Å². The van der Waals surface area contributed by atoms with E-state index in [0.717, 1.165) is 12.8 Å². The van der Waals surface area contributed by atoms with Crippen LogP contribution in [0.15, 0.2) is 16.8 Å². The lowest BCUT2D eigenvalue weighted by molar-refractivity contribution is -0.383. The molecule has 1 amide bonds. The molecule has 1 heterocycles. The normalized spacial score (nSPS) is 11.9. The highest BCUT2D eigenvalue weighted by atomic mass is 32.2. The first-order valence-corrected chi connectivity index (χ1v) is 10.5. The molecule has 2 aromatic rings. The van der Waals surface area contributed by atoms with Gasteiger partial charge in [-0.25, -0.2) is 9.42 Å². The van der Waals surface area contributed by atoms with Gasteiger partial charge in [0.1, 0.15) is 6.04 Å². The summed E-state index contributed by atoms with van der Waals surface area (Å²) in [6.45, 7) is 0.576. The SMILES string of the molecule is CSCC[C@H](NC(=O)CCCCCNc1ccc([N+](=O)[O-])c2nonc12)C(=O)O. The van der Waals surface area contributed by atoms with E-state index in [-0.39, 0.29) is 23.5 Å². The van der Waals surface area contributed by atoms with E-state index in [1.807, 2.05) is 6.26 Å². The number of carboxylic acid groups (broad SMARTS) is 1. The van der Waals surface area contributed by atoms with Gasteiger partial charge in [-0.1, -0.05) is 6.42 Å². The number of fused-ring (bicyclic) bond motifs is 1. The maximum atomic E-state index is 11.9. The van der Waals surface area contributed by atoms with Gasteiger partial charge in [-0.15, -0.1) is 0 Å². The number of carbonyl (C=O) groups is 2. The highest BCUT2D eigenvalue weighted by Crippen LogP contribution is 2.28. The molecule has 0 aliphatic carbocycles. The molecule has 11 nitrogen and oxygen atoms in total. The van der Waals surface area contributed by atoms with Crippen LogP contribution in [0.5, 0.6) is 0 Å². The average molecular weight is 425 g/mol. The second kappa shape index (κ2) is 11.2. The van der Waals surface area contributed by atoms with Crippen LogP contribution < -0.4 is 10.6 Å². The first kappa shape index (κ1) is 22.4. The molecule has 1 aromatic heterocycles. The number of hydrogen-bond acceptors (Lipinski definition) is 9. The zero-order valence-electron chi connectivity index (χ0n) is 15.9. The molecule has 0 saturated carbocycles. The van der Waals surface area contributed by atoms with Crippen molar-refractivity contribution < 1.29 is 24.2 Å². The summed E-state index contributed by atoms with van der Waals surface area (Å²) in [6, 6.07) is 2.05. The Morgan fingerprint density at radius 1 is 1.28 bits per heavy atom. The van der Waals surface area contributed by atoms with E-state index >= 15 is 0 Å². The first-order chi connectivity index (χ1) is 13.9. The van der Waals surface area contributed by atoms with Gasteiger partial charge in [-0.3, -0.25) is 14.9 Å². The third-order valence-electron chi connectivity index (χ3n) is 4.23. The van der Waals surface area contributed by atoms with Gasteiger partial charge in [-0.05, 0) is 47.7 Å². The Kier molecular flexibility index (Phi) is 8.65. The molecular formula is C17H23N5O6S. The number of nitro groups is 1. The van der Waals surface area contributed by atoms with E-state index in [4.69, 9.17) is 5.11 Å². The number of aromatic nitrogens is 2. The number of hydrogen-bond donors (Lipinski definition) is 3. The summed E-state index contributed by atoms with van der Waals surface area (Å²) in [5, 5.41) is 33.1. The summed E-state index contributed by atoms with van der Waals surface area (Å²) < 4.78 is 4.61. The zero-order valence-corrected chi connectivity index (χ0v) is 16.7. The summed E-state index contributed by atoms with van der Waals surface area (Å²) in [5.74, 6) is -0.620. The zero-order chi connectivity index (χ0) is 21.2. The van der Waals surface area contributed by atoms with E-state index in [9.17, 15) is 19.7 Å². The number of carbonyl (C=O) groups excluding carboxylic acids is 1. The van der Waals surface area contributed by atoms with Gasteiger partial charge in [-0.2, -0.15) is 11.8 Å². The van der Waals surface area contributed by atoms with Crippen molar-refractivity contribution in [1.82, 2.24) is 15.6 Å². The van der Waals surface area contributed by atoms with Crippen molar-refractivity contribution in [3.8, 4) is 0 Å². The Morgan fingerprint density at radius 3 is 2.72 bits per heavy atom. The summed E-state index contributed by atoms with van der Waals surface area (Å²) in [7, 11) is 0. The highest BCUT2D eigenvalue weighted by molar-refractivity contribution is 7.98. The van der Waals surface area contributed by atoms with Gasteiger partial charge < -0.3 is 15.7 Å². The number of non-ortho nitro benzene ring substituents is 1. The van der Waals surface area contributed by atoms with Crippen LogP contribution in [0.25, 0.3) is 11.0 Å². The third kappa shape index (κ3) is 6.59.